The molecule has 0 aliphatic carbocycles. The zero-order valence-electron chi connectivity index (χ0n) is 23.7. The number of amides is 3. The van der Waals surface area contributed by atoms with Crippen molar-refractivity contribution in [1.29, 1.82) is 0 Å². The number of carbonyl (C=O) groups is 3. The summed E-state index contributed by atoms with van der Waals surface area (Å²) in [6.45, 7) is 11.2. The van der Waals surface area contributed by atoms with Crippen molar-refractivity contribution in [1.82, 2.24) is 9.80 Å². The lowest BCUT2D eigenvalue weighted by Gasteiger charge is -2.39. The summed E-state index contributed by atoms with van der Waals surface area (Å²) in [7, 11) is 0. The minimum absolute atomic E-state index is 0.108. The lowest BCUT2D eigenvalue weighted by atomic mass is 9.77. The third-order valence-corrected chi connectivity index (χ3v) is 8.68. The lowest BCUT2D eigenvalue weighted by molar-refractivity contribution is -0.147. The van der Waals surface area contributed by atoms with Crippen LogP contribution in [0.15, 0.2) is 42.5 Å². The summed E-state index contributed by atoms with van der Waals surface area (Å²) in [5.41, 5.74) is 1.48. The van der Waals surface area contributed by atoms with Crippen molar-refractivity contribution in [3.63, 3.8) is 0 Å². The second-order valence-corrected chi connectivity index (χ2v) is 11.9. The van der Waals surface area contributed by atoms with E-state index in [9.17, 15) is 19.5 Å². The molecule has 1 aromatic carbocycles. The summed E-state index contributed by atoms with van der Waals surface area (Å²) in [6.07, 6.45) is 8.35. The van der Waals surface area contributed by atoms with Crippen LogP contribution in [-0.4, -0.2) is 82.7 Å². The van der Waals surface area contributed by atoms with Gasteiger partial charge in [-0.1, -0.05) is 57.2 Å². The van der Waals surface area contributed by atoms with Gasteiger partial charge in [0.05, 0.1) is 30.6 Å². The molecule has 2 fully saturated rings. The molecule has 4 heterocycles. The Labute approximate surface area is 231 Å². The Hall–Kier alpha value is -2.97. The Morgan fingerprint density at radius 2 is 1.85 bits per heavy atom. The van der Waals surface area contributed by atoms with Crippen LogP contribution in [0.3, 0.4) is 0 Å². The van der Waals surface area contributed by atoms with Gasteiger partial charge in [-0.3, -0.25) is 14.4 Å². The summed E-state index contributed by atoms with van der Waals surface area (Å²) >= 11 is 0. The van der Waals surface area contributed by atoms with Crippen LogP contribution in [0.25, 0.3) is 0 Å². The van der Waals surface area contributed by atoms with Gasteiger partial charge in [-0.05, 0) is 49.8 Å². The summed E-state index contributed by atoms with van der Waals surface area (Å²) < 4.78 is 6.73. The molecule has 39 heavy (non-hydrogen) atoms. The van der Waals surface area contributed by atoms with Crippen molar-refractivity contribution in [2.45, 2.75) is 71.2 Å². The number of hydrogen-bond acceptors (Lipinski definition) is 5. The summed E-state index contributed by atoms with van der Waals surface area (Å²) in [6, 6.07) is 4.44. The number of carbonyl (C=O) groups excluding carboxylic acids is 3. The molecule has 5 rings (SSSR count). The Morgan fingerprint density at radius 1 is 1.08 bits per heavy atom. The number of ether oxygens (including phenoxy) is 1. The minimum atomic E-state index is -1.30. The van der Waals surface area contributed by atoms with Crippen LogP contribution < -0.4 is 4.90 Å². The molecule has 4 aliphatic heterocycles. The lowest BCUT2D eigenvalue weighted by Crippen LogP contribution is -2.58. The highest BCUT2D eigenvalue weighted by Gasteiger charge is 2.72. The van der Waals surface area contributed by atoms with Gasteiger partial charge < -0.3 is 24.5 Å². The van der Waals surface area contributed by atoms with Crippen molar-refractivity contribution in [2.24, 2.45) is 17.8 Å². The van der Waals surface area contributed by atoms with E-state index in [0.29, 0.717) is 26.1 Å². The first-order valence-electron chi connectivity index (χ1n) is 14.3. The Bertz CT molecular complexity index is 1210. The van der Waals surface area contributed by atoms with Gasteiger partial charge in [0, 0.05) is 25.3 Å². The fourth-order valence-corrected chi connectivity index (χ4v) is 7.04. The highest BCUT2D eigenvalue weighted by atomic mass is 16.5. The number of aliphatic hydroxyl groups is 1. The topological polar surface area (TPSA) is 90.4 Å². The van der Waals surface area contributed by atoms with E-state index in [2.05, 4.69) is 0 Å². The monoisotopic (exact) mass is 535 g/mol. The molecule has 8 nitrogen and oxygen atoms in total. The first-order valence-corrected chi connectivity index (χ1v) is 14.3. The van der Waals surface area contributed by atoms with Crippen molar-refractivity contribution in [3.8, 4) is 0 Å². The summed E-state index contributed by atoms with van der Waals surface area (Å²) in [5, 5.41) is 10.5. The van der Waals surface area contributed by atoms with Gasteiger partial charge in [0.15, 0.2) is 0 Å². The molecule has 3 amide bonds. The number of aryl methyl sites for hydroxylation is 2. The molecule has 1 aromatic rings. The predicted octanol–water partition coefficient (Wildman–Crippen LogP) is 3.00. The maximum absolute atomic E-state index is 14.6. The number of likely N-dealkylation sites (tertiary alicyclic amines) is 1. The largest absolute Gasteiger partial charge is 0.394 e. The van der Waals surface area contributed by atoms with Crippen LogP contribution in [0, 0.1) is 31.6 Å². The van der Waals surface area contributed by atoms with E-state index in [1.54, 1.807) is 14.7 Å². The number of aliphatic hydroxyl groups excluding tert-OH is 1. The Kier molecular flexibility index (Phi) is 7.46. The van der Waals surface area contributed by atoms with Crippen LogP contribution in [0.5, 0.6) is 0 Å². The van der Waals surface area contributed by atoms with Gasteiger partial charge in [-0.25, -0.2) is 0 Å². The van der Waals surface area contributed by atoms with Gasteiger partial charge in [0.1, 0.15) is 11.6 Å². The van der Waals surface area contributed by atoms with Crippen molar-refractivity contribution in [3.05, 3.63) is 53.6 Å². The average Bonchev–Trinajstić information content (AvgIpc) is 3.22. The first-order chi connectivity index (χ1) is 18.6. The molecule has 8 heteroatoms. The SMILES string of the molecule is CCCN1CC=C[C@H]2O[C@]34C=CCN(c5cc(C)ccc5C)C(=O)C3N([C@@H](CO)CC(C)C)C(=O)[C@@H]4[C@H]2C1=O. The Morgan fingerprint density at radius 3 is 2.54 bits per heavy atom. The zero-order valence-corrected chi connectivity index (χ0v) is 23.7. The fraction of sp³-hybridized carbons (Fsp3) is 0.581. The smallest absolute Gasteiger partial charge is 0.253 e. The highest BCUT2D eigenvalue weighted by molar-refractivity contribution is 6.06. The van der Waals surface area contributed by atoms with E-state index in [0.717, 1.165) is 23.2 Å². The van der Waals surface area contributed by atoms with E-state index >= 15 is 0 Å². The number of hydrogen-bond donors (Lipinski definition) is 1. The van der Waals surface area contributed by atoms with E-state index in [1.165, 1.54) is 0 Å². The molecule has 4 aliphatic rings. The van der Waals surface area contributed by atoms with E-state index in [-0.39, 0.29) is 30.2 Å². The van der Waals surface area contributed by atoms with Crippen molar-refractivity contribution < 1.29 is 24.2 Å². The van der Waals surface area contributed by atoms with Gasteiger partial charge in [-0.15, -0.1) is 0 Å². The van der Waals surface area contributed by atoms with Gasteiger partial charge in [0.25, 0.3) is 5.91 Å². The second-order valence-electron chi connectivity index (χ2n) is 11.9. The van der Waals surface area contributed by atoms with Gasteiger partial charge >= 0.3 is 0 Å². The first kappa shape index (κ1) is 27.6. The van der Waals surface area contributed by atoms with Crippen molar-refractivity contribution in [2.75, 3.05) is 31.1 Å². The standard InChI is InChI=1S/C31H41N3O5/c1-6-13-32-14-7-9-24-25(28(32)36)26-29(37)34(22(18-35)16-19(2)3)27-30(38)33(15-8-12-31(26,27)39-24)23-17-20(4)10-11-21(23)5/h7-12,17,19,22,24-27,35H,6,13-16,18H2,1-5H3/t22-,24-,25+,26+,27?,31+/m1/s1. The van der Waals surface area contributed by atoms with Gasteiger partial charge in [0.2, 0.25) is 11.8 Å². The normalized spacial score (nSPS) is 30.9. The molecule has 210 valence electrons. The summed E-state index contributed by atoms with van der Waals surface area (Å²) in [5.74, 6) is -2.02. The molecule has 0 radical (unpaired) electrons. The molecule has 0 bridgehead atoms. The molecule has 1 spiro atoms. The number of benzene rings is 1. The quantitative estimate of drug-likeness (QED) is 0.542. The van der Waals surface area contributed by atoms with Crippen LogP contribution in [-0.2, 0) is 19.1 Å². The Balaban J connectivity index is 1.65. The van der Waals surface area contributed by atoms with Crippen LogP contribution in [0.4, 0.5) is 5.69 Å². The molecule has 0 aromatic heterocycles. The maximum Gasteiger partial charge on any atom is 0.253 e. The summed E-state index contributed by atoms with van der Waals surface area (Å²) in [4.78, 5) is 48.1. The second kappa shape index (κ2) is 10.5. The van der Waals surface area contributed by atoms with Crippen LogP contribution in [0.1, 0.15) is 44.7 Å². The number of rotatable bonds is 7. The molecule has 2 saturated heterocycles. The third kappa shape index (κ3) is 4.42. The molecular formula is C31H41N3O5. The predicted molar refractivity (Wildman–Crippen MR) is 149 cm³/mol. The van der Waals surface area contributed by atoms with Gasteiger partial charge in [-0.2, -0.15) is 0 Å². The maximum atomic E-state index is 14.6. The molecular weight excluding hydrogens is 494 g/mol. The van der Waals surface area contributed by atoms with E-state index in [1.807, 2.05) is 77.1 Å². The average molecular weight is 536 g/mol. The number of fused-ring (bicyclic) bond motifs is 2. The van der Waals surface area contributed by atoms with Crippen molar-refractivity contribution >= 4 is 23.4 Å². The number of nitrogens with zero attached hydrogens (tertiary/aromatic N) is 3. The molecule has 0 saturated carbocycles. The third-order valence-electron chi connectivity index (χ3n) is 8.68. The van der Waals surface area contributed by atoms with E-state index < -0.39 is 35.6 Å². The molecule has 1 unspecified atom stereocenters. The fourth-order valence-electron chi connectivity index (χ4n) is 7.04. The molecule has 1 N–H and O–H groups in total. The molecule has 6 atom stereocenters. The number of anilines is 1. The highest BCUT2D eigenvalue weighted by Crippen LogP contribution is 2.54. The minimum Gasteiger partial charge on any atom is -0.394 e. The van der Waals surface area contributed by atoms with Crippen LogP contribution in [0.2, 0.25) is 0 Å². The van der Waals surface area contributed by atoms with Crippen LogP contribution >= 0.6 is 0 Å². The van der Waals surface area contributed by atoms with E-state index in [4.69, 9.17) is 4.74 Å². The zero-order chi connectivity index (χ0) is 28.1.